The molecule has 0 radical (unpaired) electrons. The second kappa shape index (κ2) is 5.96. The maximum Gasteiger partial charge on any atom is 0.0623 e. The maximum absolute atomic E-state index is 5.55. The summed E-state index contributed by atoms with van der Waals surface area (Å²) >= 11 is 1.84. The molecule has 0 aliphatic carbocycles. The summed E-state index contributed by atoms with van der Waals surface area (Å²) in [6.45, 7) is 5.09. The van der Waals surface area contributed by atoms with E-state index in [4.69, 9.17) is 4.74 Å². The molecule has 3 unspecified atom stereocenters. The lowest BCUT2D eigenvalue weighted by Crippen LogP contribution is -2.39. The van der Waals surface area contributed by atoms with Crippen molar-refractivity contribution in [3.63, 3.8) is 0 Å². The van der Waals surface area contributed by atoms with E-state index in [-0.39, 0.29) is 0 Å². The van der Waals surface area contributed by atoms with Crippen LogP contribution in [0.2, 0.25) is 0 Å². The molecule has 0 amide bonds. The monoisotopic (exact) mass is 254 g/mol. The third-order valence-corrected chi connectivity index (χ3v) is 4.75. The number of hydrogen-bond donors (Lipinski definition) is 1. The highest BCUT2D eigenvalue weighted by molar-refractivity contribution is 7.10. The molecule has 1 aromatic heterocycles. The number of nitrogens with zero attached hydrogens (tertiary/aromatic N) is 1. The van der Waals surface area contributed by atoms with Crippen LogP contribution in [0, 0.1) is 5.92 Å². The van der Waals surface area contributed by atoms with Gasteiger partial charge in [-0.25, -0.2) is 0 Å². The van der Waals surface area contributed by atoms with Crippen molar-refractivity contribution in [3.05, 3.63) is 22.4 Å². The van der Waals surface area contributed by atoms with E-state index in [1.165, 1.54) is 4.88 Å². The van der Waals surface area contributed by atoms with Crippen molar-refractivity contribution in [2.75, 3.05) is 33.9 Å². The van der Waals surface area contributed by atoms with Crippen LogP contribution in [-0.4, -0.2) is 44.8 Å². The summed E-state index contributed by atoms with van der Waals surface area (Å²) in [5.74, 6) is 0.604. The fourth-order valence-electron chi connectivity index (χ4n) is 2.37. The summed E-state index contributed by atoms with van der Waals surface area (Å²) in [6, 6.07) is 5.34. The summed E-state index contributed by atoms with van der Waals surface area (Å²) in [6.07, 6.45) is 0. The van der Waals surface area contributed by atoms with Gasteiger partial charge in [-0.05, 0) is 32.5 Å². The zero-order chi connectivity index (χ0) is 12.3. The first kappa shape index (κ1) is 13.0. The minimum atomic E-state index is 0.494. The molecule has 1 fully saturated rings. The van der Waals surface area contributed by atoms with Gasteiger partial charge in [-0.2, -0.15) is 0 Å². The Balaban J connectivity index is 1.90. The third-order valence-electron chi connectivity index (χ3n) is 3.71. The predicted molar refractivity (Wildman–Crippen MR) is 72.5 cm³/mol. The van der Waals surface area contributed by atoms with Crippen LogP contribution < -0.4 is 5.32 Å². The van der Waals surface area contributed by atoms with Gasteiger partial charge in [-0.1, -0.05) is 6.07 Å². The average Bonchev–Trinajstić information content (AvgIpc) is 2.98. The number of hydrogen-bond acceptors (Lipinski definition) is 4. The minimum absolute atomic E-state index is 0.494. The number of rotatable bonds is 5. The highest BCUT2D eigenvalue weighted by Gasteiger charge is 2.29. The number of nitrogens with one attached hydrogen (secondary N) is 1. The fraction of sp³-hybridized carbons (Fsp3) is 0.692. The standard InChI is InChI=1S/C13H22N2OS/c1-10(13-5-4-6-17-13)15(3)7-11-8-16-9-12(11)14-2/h4-6,10-12,14H,7-9H2,1-3H3. The summed E-state index contributed by atoms with van der Waals surface area (Å²) in [4.78, 5) is 3.86. The van der Waals surface area contributed by atoms with Crippen molar-refractivity contribution in [1.29, 1.82) is 0 Å². The van der Waals surface area contributed by atoms with Crippen LogP contribution >= 0.6 is 11.3 Å². The van der Waals surface area contributed by atoms with E-state index in [2.05, 4.69) is 41.7 Å². The molecule has 3 nitrogen and oxygen atoms in total. The van der Waals surface area contributed by atoms with Crippen molar-refractivity contribution >= 4 is 11.3 Å². The van der Waals surface area contributed by atoms with Gasteiger partial charge < -0.3 is 10.1 Å². The zero-order valence-electron chi connectivity index (χ0n) is 10.8. The van der Waals surface area contributed by atoms with Gasteiger partial charge in [0.1, 0.15) is 0 Å². The Bertz CT molecular complexity index is 328. The van der Waals surface area contributed by atoms with E-state index in [0.29, 0.717) is 18.0 Å². The van der Waals surface area contributed by atoms with E-state index in [9.17, 15) is 0 Å². The maximum atomic E-state index is 5.55. The Kier molecular flexibility index (Phi) is 4.56. The van der Waals surface area contributed by atoms with Crippen molar-refractivity contribution in [2.45, 2.75) is 19.0 Å². The van der Waals surface area contributed by atoms with E-state index < -0.39 is 0 Å². The second-order valence-corrected chi connectivity index (χ2v) is 5.80. The molecule has 1 N–H and O–H groups in total. The minimum Gasteiger partial charge on any atom is -0.379 e. The van der Waals surface area contributed by atoms with E-state index in [1.54, 1.807) is 0 Å². The van der Waals surface area contributed by atoms with Crippen LogP contribution in [0.25, 0.3) is 0 Å². The summed E-state index contributed by atoms with van der Waals surface area (Å²) in [7, 11) is 4.23. The lowest BCUT2D eigenvalue weighted by atomic mass is 10.0. The first-order valence-corrected chi connectivity index (χ1v) is 7.09. The summed E-state index contributed by atoms with van der Waals surface area (Å²) in [5.41, 5.74) is 0. The molecule has 0 aromatic carbocycles. The molecular formula is C13H22N2OS. The molecular weight excluding hydrogens is 232 g/mol. The van der Waals surface area contributed by atoms with Gasteiger partial charge in [0.15, 0.2) is 0 Å². The normalized spacial score (nSPS) is 26.6. The molecule has 1 aromatic rings. The summed E-state index contributed by atoms with van der Waals surface area (Å²) in [5, 5.41) is 5.49. The molecule has 1 aliphatic rings. The number of likely N-dealkylation sites (N-methyl/N-ethyl adjacent to an activating group) is 1. The largest absolute Gasteiger partial charge is 0.379 e. The quantitative estimate of drug-likeness (QED) is 0.869. The Hall–Kier alpha value is -0.420. The van der Waals surface area contributed by atoms with Crippen LogP contribution in [0.1, 0.15) is 17.8 Å². The van der Waals surface area contributed by atoms with Gasteiger partial charge in [0.05, 0.1) is 13.2 Å². The van der Waals surface area contributed by atoms with Crippen LogP contribution in [0.4, 0.5) is 0 Å². The SMILES string of the molecule is CNC1COCC1CN(C)C(C)c1cccs1. The van der Waals surface area contributed by atoms with Crippen LogP contribution in [0.15, 0.2) is 17.5 Å². The first-order valence-electron chi connectivity index (χ1n) is 6.21. The molecule has 0 bridgehead atoms. The predicted octanol–water partition coefficient (Wildman–Crippen LogP) is 1.98. The summed E-state index contributed by atoms with van der Waals surface area (Å²) < 4.78 is 5.55. The molecule has 0 spiro atoms. The van der Waals surface area contributed by atoms with Crippen LogP contribution in [-0.2, 0) is 4.74 Å². The Morgan fingerprint density at radius 2 is 2.41 bits per heavy atom. The highest BCUT2D eigenvalue weighted by Crippen LogP contribution is 2.25. The lowest BCUT2D eigenvalue weighted by molar-refractivity contribution is 0.164. The van der Waals surface area contributed by atoms with Gasteiger partial charge >= 0.3 is 0 Å². The number of ether oxygens (including phenoxy) is 1. The van der Waals surface area contributed by atoms with E-state index in [1.807, 2.05) is 18.4 Å². The molecule has 0 saturated carbocycles. The molecule has 2 heterocycles. The Morgan fingerprint density at radius 3 is 3.06 bits per heavy atom. The molecule has 1 saturated heterocycles. The highest BCUT2D eigenvalue weighted by atomic mass is 32.1. The Labute approximate surface area is 108 Å². The topological polar surface area (TPSA) is 24.5 Å². The van der Waals surface area contributed by atoms with Crippen molar-refractivity contribution in [3.8, 4) is 0 Å². The van der Waals surface area contributed by atoms with Crippen molar-refractivity contribution < 1.29 is 4.74 Å². The van der Waals surface area contributed by atoms with Crippen LogP contribution in [0.3, 0.4) is 0 Å². The molecule has 1 aliphatic heterocycles. The van der Waals surface area contributed by atoms with Gasteiger partial charge in [0.2, 0.25) is 0 Å². The van der Waals surface area contributed by atoms with Crippen molar-refractivity contribution in [2.24, 2.45) is 5.92 Å². The zero-order valence-corrected chi connectivity index (χ0v) is 11.7. The van der Waals surface area contributed by atoms with Gasteiger partial charge in [-0.3, -0.25) is 4.90 Å². The van der Waals surface area contributed by atoms with Gasteiger partial charge in [0, 0.05) is 29.4 Å². The van der Waals surface area contributed by atoms with E-state index in [0.717, 1.165) is 19.8 Å². The average molecular weight is 254 g/mol. The molecule has 2 rings (SSSR count). The Morgan fingerprint density at radius 1 is 1.59 bits per heavy atom. The van der Waals surface area contributed by atoms with Gasteiger partial charge in [0.25, 0.3) is 0 Å². The molecule has 17 heavy (non-hydrogen) atoms. The fourth-order valence-corrected chi connectivity index (χ4v) is 3.22. The second-order valence-electron chi connectivity index (χ2n) is 4.82. The van der Waals surface area contributed by atoms with Gasteiger partial charge in [-0.15, -0.1) is 11.3 Å². The lowest BCUT2D eigenvalue weighted by Gasteiger charge is -2.28. The smallest absolute Gasteiger partial charge is 0.0623 e. The first-order chi connectivity index (χ1) is 8.22. The van der Waals surface area contributed by atoms with E-state index >= 15 is 0 Å². The molecule has 4 heteroatoms. The molecule has 3 atom stereocenters. The number of thiophene rings is 1. The third kappa shape index (κ3) is 3.07. The van der Waals surface area contributed by atoms with Crippen molar-refractivity contribution in [1.82, 2.24) is 10.2 Å². The van der Waals surface area contributed by atoms with Crippen LogP contribution in [0.5, 0.6) is 0 Å². The molecule has 96 valence electrons.